The van der Waals surface area contributed by atoms with Crippen LogP contribution >= 0.6 is 11.6 Å². The lowest BCUT2D eigenvalue weighted by atomic mass is 9.94. The molecule has 8 heteroatoms. The van der Waals surface area contributed by atoms with Gasteiger partial charge in [0.25, 0.3) is 5.91 Å². The Hall–Kier alpha value is -2.95. The number of likely N-dealkylation sites (tertiary alicyclic amines) is 1. The summed E-state index contributed by atoms with van der Waals surface area (Å²) in [4.78, 5) is 29.8. The number of carbonyl (C=O) groups is 2. The average molecular weight is 469 g/mol. The summed E-state index contributed by atoms with van der Waals surface area (Å²) in [5, 5.41) is 12.9. The molecule has 1 spiro atoms. The van der Waals surface area contributed by atoms with Crippen molar-refractivity contribution in [2.24, 2.45) is 5.92 Å². The standard InChI is InChI=1S/C25H26ClFN4O2/c1-16(2)22-24(33)31(15-18-6-3-5-17(13-18)14-28)25(29-22)9-11-30(12-10-25)23(32)21-19(26)7-4-8-20(21)27/h3-8,13,16,22,29H,9-12,15H2,1-2H3. The van der Waals surface area contributed by atoms with E-state index in [1.54, 1.807) is 17.0 Å². The van der Waals surface area contributed by atoms with Crippen molar-refractivity contribution in [3.63, 3.8) is 0 Å². The van der Waals surface area contributed by atoms with Gasteiger partial charge in [0.15, 0.2) is 0 Å². The van der Waals surface area contributed by atoms with Crippen molar-refractivity contribution in [2.45, 2.75) is 44.9 Å². The summed E-state index contributed by atoms with van der Waals surface area (Å²) >= 11 is 6.10. The zero-order chi connectivity index (χ0) is 23.8. The quantitative estimate of drug-likeness (QED) is 0.737. The van der Waals surface area contributed by atoms with Crippen molar-refractivity contribution in [3.05, 3.63) is 70.0 Å². The Bertz CT molecular complexity index is 1100. The lowest BCUT2D eigenvalue weighted by Crippen LogP contribution is -2.59. The van der Waals surface area contributed by atoms with Gasteiger partial charge in [0.05, 0.1) is 33.9 Å². The van der Waals surface area contributed by atoms with Crippen molar-refractivity contribution >= 4 is 23.4 Å². The summed E-state index contributed by atoms with van der Waals surface area (Å²) in [6.45, 7) is 5.11. The van der Waals surface area contributed by atoms with Crippen molar-refractivity contribution in [1.29, 1.82) is 5.26 Å². The molecule has 172 valence electrons. The monoisotopic (exact) mass is 468 g/mol. The van der Waals surface area contributed by atoms with Gasteiger partial charge < -0.3 is 9.80 Å². The molecule has 0 saturated carbocycles. The molecule has 0 bridgehead atoms. The molecular formula is C25H26ClFN4O2. The molecule has 6 nitrogen and oxygen atoms in total. The van der Waals surface area contributed by atoms with Gasteiger partial charge in [-0.2, -0.15) is 5.26 Å². The second kappa shape index (κ2) is 9.12. The second-order valence-corrected chi connectivity index (χ2v) is 9.43. The third-order valence-corrected chi connectivity index (χ3v) is 6.91. The van der Waals surface area contributed by atoms with E-state index in [1.807, 2.05) is 30.9 Å². The Balaban J connectivity index is 1.57. The third kappa shape index (κ3) is 4.33. The van der Waals surface area contributed by atoms with Crippen molar-refractivity contribution in [2.75, 3.05) is 13.1 Å². The Morgan fingerprint density at radius 2 is 1.97 bits per heavy atom. The van der Waals surface area contributed by atoms with E-state index in [9.17, 15) is 19.2 Å². The van der Waals surface area contributed by atoms with Crippen LogP contribution in [0.15, 0.2) is 42.5 Å². The fourth-order valence-electron chi connectivity index (χ4n) is 4.77. The van der Waals surface area contributed by atoms with Crippen LogP contribution in [0.25, 0.3) is 0 Å². The van der Waals surface area contributed by atoms with Crippen LogP contribution in [0.1, 0.15) is 48.2 Å². The van der Waals surface area contributed by atoms with Gasteiger partial charge in [-0.15, -0.1) is 0 Å². The summed E-state index contributed by atoms with van der Waals surface area (Å²) in [6.07, 6.45) is 1.02. The zero-order valence-electron chi connectivity index (χ0n) is 18.6. The van der Waals surface area contributed by atoms with Gasteiger partial charge in [0, 0.05) is 32.5 Å². The first-order chi connectivity index (χ1) is 15.8. The predicted molar refractivity (Wildman–Crippen MR) is 123 cm³/mol. The van der Waals surface area contributed by atoms with E-state index in [1.165, 1.54) is 18.2 Å². The summed E-state index contributed by atoms with van der Waals surface area (Å²) in [7, 11) is 0. The first-order valence-corrected chi connectivity index (χ1v) is 11.4. The molecule has 2 aliphatic rings. The molecule has 0 aliphatic carbocycles. The summed E-state index contributed by atoms with van der Waals surface area (Å²) in [5.74, 6) is -0.960. The van der Waals surface area contributed by atoms with Crippen molar-refractivity contribution in [3.8, 4) is 6.07 Å². The first-order valence-electron chi connectivity index (χ1n) is 11.1. The lowest BCUT2D eigenvalue weighted by molar-refractivity contribution is -0.134. The molecule has 2 heterocycles. The van der Waals surface area contributed by atoms with Crippen LogP contribution in [0.3, 0.4) is 0 Å². The first kappa shape index (κ1) is 23.2. The van der Waals surface area contributed by atoms with E-state index < -0.39 is 17.4 Å². The SMILES string of the molecule is CC(C)C1NC2(CCN(C(=O)c3c(F)cccc3Cl)CC2)N(Cc2cccc(C#N)c2)C1=O. The molecule has 1 unspecified atom stereocenters. The van der Waals surface area contributed by atoms with Crippen LogP contribution in [0.5, 0.6) is 0 Å². The van der Waals surface area contributed by atoms with Crippen molar-refractivity contribution in [1.82, 2.24) is 15.1 Å². The van der Waals surface area contributed by atoms with E-state index in [0.29, 0.717) is 38.0 Å². The van der Waals surface area contributed by atoms with Gasteiger partial charge >= 0.3 is 0 Å². The fourth-order valence-corrected chi connectivity index (χ4v) is 5.01. The van der Waals surface area contributed by atoms with Crippen molar-refractivity contribution < 1.29 is 14.0 Å². The van der Waals surface area contributed by atoms with Crippen LogP contribution in [-0.2, 0) is 11.3 Å². The Kier molecular flexibility index (Phi) is 6.42. The maximum atomic E-state index is 14.3. The Morgan fingerprint density at radius 3 is 2.61 bits per heavy atom. The summed E-state index contributed by atoms with van der Waals surface area (Å²) in [6, 6.07) is 13.3. The number of hydrogen-bond donors (Lipinski definition) is 1. The van der Waals surface area contributed by atoms with E-state index in [0.717, 1.165) is 5.56 Å². The molecule has 2 fully saturated rings. The number of rotatable bonds is 4. The van der Waals surface area contributed by atoms with Crippen LogP contribution in [0.2, 0.25) is 5.02 Å². The molecule has 0 aromatic heterocycles. The van der Waals surface area contributed by atoms with Gasteiger partial charge in [-0.1, -0.05) is 43.6 Å². The average Bonchev–Trinajstić information content (AvgIpc) is 3.06. The number of nitriles is 1. The Morgan fingerprint density at radius 1 is 1.27 bits per heavy atom. The molecule has 2 saturated heterocycles. The molecule has 2 aromatic rings. The number of piperidine rings is 1. The molecule has 2 amide bonds. The van der Waals surface area contributed by atoms with E-state index >= 15 is 0 Å². The number of benzene rings is 2. The number of carbonyl (C=O) groups excluding carboxylic acids is 2. The molecular weight excluding hydrogens is 443 g/mol. The fraction of sp³-hybridized carbons (Fsp3) is 0.400. The van der Waals surface area contributed by atoms with E-state index in [4.69, 9.17) is 11.6 Å². The maximum Gasteiger partial charge on any atom is 0.258 e. The normalized spacial score (nSPS) is 19.9. The number of halogens is 2. The molecule has 1 atom stereocenters. The number of amides is 2. The number of hydrogen-bond acceptors (Lipinski definition) is 4. The minimum absolute atomic E-state index is 0.0179. The molecule has 33 heavy (non-hydrogen) atoms. The minimum atomic E-state index is -0.638. The highest BCUT2D eigenvalue weighted by Gasteiger charge is 2.52. The highest BCUT2D eigenvalue weighted by atomic mass is 35.5. The van der Waals surface area contributed by atoms with Crippen LogP contribution in [-0.4, -0.2) is 46.4 Å². The van der Waals surface area contributed by atoms with E-state index in [2.05, 4.69) is 11.4 Å². The third-order valence-electron chi connectivity index (χ3n) is 6.59. The number of nitrogens with zero attached hydrogens (tertiary/aromatic N) is 3. The van der Waals surface area contributed by atoms with Gasteiger partial charge in [-0.3, -0.25) is 14.9 Å². The van der Waals surface area contributed by atoms with Crippen LogP contribution < -0.4 is 5.32 Å². The molecule has 2 aliphatic heterocycles. The summed E-state index contributed by atoms with van der Waals surface area (Å²) in [5.41, 5.74) is 0.703. The molecule has 1 N–H and O–H groups in total. The van der Waals surface area contributed by atoms with Gasteiger partial charge in [-0.25, -0.2) is 4.39 Å². The maximum absolute atomic E-state index is 14.3. The predicted octanol–water partition coefficient (Wildman–Crippen LogP) is 3.94. The molecule has 2 aromatic carbocycles. The van der Waals surface area contributed by atoms with Gasteiger partial charge in [0.1, 0.15) is 5.82 Å². The van der Waals surface area contributed by atoms with E-state index in [-0.39, 0.29) is 28.5 Å². The highest BCUT2D eigenvalue weighted by molar-refractivity contribution is 6.33. The van der Waals surface area contributed by atoms with Crippen LogP contribution in [0, 0.1) is 23.1 Å². The lowest BCUT2D eigenvalue weighted by Gasteiger charge is -2.45. The minimum Gasteiger partial charge on any atom is -0.338 e. The zero-order valence-corrected chi connectivity index (χ0v) is 19.4. The number of nitrogens with one attached hydrogen (secondary N) is 1. The topological polar surface area (TPSA) is 76.4 Å². The van der Waals surface area contributed by atoms with Gasteiger partial charge in [-0.05, 0) is 35.7 Å². The summed E-state index contributed by atoms with van der Waals surface area (Å²) < 4.78 is 14.3. The largest absolute Gasteiger partial charge is 0.338 e. The van der Waals surface area contributed by atoms with Crippen LogP contribution in [0.4, 0.5) is 4.39 Å². The second-order valence-electron chi connectivity index (χ2n) is 9.02. The highest BCUT2D eigenvalue weighted by Crippen LogP contribution is 2.36. The molecule has 4 rings (SSSR count). The Labute approximate surface area is 197 Å². The van der Waals surface area contributed by atoms with Gasteiger partial charge in [0.2, 0.25) is 5.91 Å². The molecule has 0 radical (unpaired) electrons. The smallest absolute Gasteiger partial charge is 0.258 e.